The van der Waals surface area contributed by atoms with Crippen molar-refractivity contribution in [3.8, 4) is 11.4 Å². The Morgan fingerprint density at radius 3 is 2.63 bits per heavy atom. The second-order valence-corrected chi connectivity index (χ2v) is 5.12. The van der Waals surface area contributed by atoms with Gasteiger partial charge in [-0.1, -0.05) is 31.2 Å². The maximum absolute atomic E-state index is 5.53. The maximum atomic E-state index is 5.53. The molecule has 3 rings (SSSR count). The molecule has 0 amide bonds. The molecule has 0 saturated carbocycles. The monoisotopic (exact) mass is 270 g/mol. The van der Waals surface area contributed by atoms with E-state index in [1.54, 1.807) is 11.3 Å². The van der Waals surface area contributed by atoms with E-state index >= 15 is 0 Å². The van der Waals surface area contributed by atoms with E-state index < -0.39 is 0 Å². The highest BCUT2D eigenvalue weighted by Crippen LogP contribution is 2.27. The SMILES string of the molecule is CCc1ccc(-c2nc(NN)c3ccsc3n2)cc1. The van der Waals surface area contributed by atoms with Crippen molar-refractivity contribution < 1.29 is 0 Å². The van der Waals surface area contributed by atoms with Crippen LogP contribution in [0.15, 0.2) is 35.7 Å². The van der Waals surface area contributed by atoms with Crippen LogP contribution in [0, 0.1) is 0 Å². The number of rotatable bonds is 3. The van der Waals surface area contributed by atoms with Gasteiger partial charge >= 0.3 is 0 Å². The van der Waals surface area contributed by atoms with Crippen LogP contribution in [0.1, 0.15) is 12.5 Å². The minimum Gasteiger partial charge on any atom is -0.308 e. The van der Waals surface area contributed by atoms with Crippen molar-refractivity contribution in [3.63, 3.8) is 0 Å². The number of fused-ring (bicyclic) bond motifs is 1. The fourth-order valence-electron chi connectivity index (χ4n) is 1.98. The lowest BCUT2D eigenvalue weighted by Crippen LogP contribution is -2.09. The number of nitrogen functional groups attached to an aromatic ring is 1. The topological polar surface area (TPSA) is 63.8 Å². The molecule has 3 aromatic rings. The lowest BCUT2D eigenvalue weighted by molar-refractivity contribution is 1.14. The van der Waals surface area contributed by atoms with Crippen LogP contribution in [0.3, 0.4) is 0 Å². The number of aryl methyl sites for hydroxylation is 1. The Balaban J connectivity index is 2.12. The molecule has 0 bridgehead atoms. The third-order valence-corrected chi connectivity index (χ3v) is 3.89. The second-order valence-electron chi connectivity index (χ2n) is 4.23. The fourth-order valence-corrected chi connectivity index (χ4v) is 2.75. The van der Waals surface area contributed by atoms with Gasteiger partial charge in [-0.25, -0.2) is 15.8 Å². The molecule has 2 aromatic heterocycles. The summed E-state index contributed by atoms with van der Waals surface area (Å²) in [7, 11) is 0. The molecule has 0 aliphatic carbocycles. The normalized spacial score (nSPS) is 10.8. The van der Waals surface area contributed by atoms with Crippen molar-refractivity contribution in [1.29, 1.82) is 0 Å². The Morgan fingerprint density at radius 1 is 1.16 bits per heavy atom. The van der Waals surface area contributed by atoms with Gasteiger partial charge < -0.3 is 5.43 Å². The molecule has 0 unspecified atom stereocenters. The molecular formula is C14H14N4S. The first-order valence-corrected chi connectivity index (χ1v) is 7.01. The minimum absolute atomic E-state index is 0.667. The van der Waals surface area contributed by atoms with E-state index in [0.29, 0.717) is 11.6 Å². The van der Waals surface area contributed by atoms with E-state index in [-0.39, 0.29) is 0 Å². The molecule has 96 valence electrons. The van der Waals surface area contributed by atoms with Gasteiger partial charge in [0.15, 0.2) is 11.6 Å². The first-order chi connectivity index (χ1) is 9.31. The summed E-state index contributed by atoms with van der Waals surface area (Å²) in [5, 5.41) is 2.95. The van der Waals surface area contributed by atoms with E-state index in [9.17, 15) is 0 Å². The predicted octanol–water partition coefficient (Wildman–Crippen LogP) is 3.21. The molecular weight excluding hydrogens is 256 g/mol. The van der Waals surface area contributed by atoms with Gasteiger partial charge in [0.2, 0.25) is 0 Å². The Kier molecular flexibility index (Phi) is 3.15. The molecule has 0 saturated heterocycles. The summed E-state index contributed by atoms with van der Waals surface area (Å²) in [5.74, 6) is 6.90. The number of nitrogens with two attached hydrogens (primary N) is 1. The summed E-state index contributed by atoms with van der Waals surface area (Å²) in [6, 6.07) is 10.3. The van der Waals surface area contributed by atoms with Crippen molar-refractivity contribution in [2.45, 2.75) is 13.3 Å². The van der Waals surface area contributed by atoms with Crippen molar-refractivity contribution in [2.75, 3.05) is 5.43 Å². The lowest BCUT2D eigenvalue weighted by atomic mass is 10.1. The third-order valence-electron chi connectivity index (χ3n) is 3.08. The Bertz CT molecular complexity index is 703. The Morgan fingerprint density at radius 2 is 1.95 bits per heavy atom. The van der Waals surface area contributed by atoms with E-state index in [4.69, 9.17) is 5.84 Å². The highest BCUT2D eigenvalue weighted by Gasteiger charge is 2.09. The molecule has 0 radical (unpaired) electrons. The summed E-state index contributed by atoms with van der Waals surface area (Å²) < 4.78 is 0. The van der Waals surface area contributed by atoms with E-state index in [0.717, 1.165) is 22.2 Å². The highest BCUT2D eigenvalue weighted by atomic mass is 32.1. The van der Waals surface area contributed by atoms with Gasteiger partial charge in [0.05, 0.1) is 5.39 Å². The van der Waals surface area contributed by atoms with Crippen molar-refractivity contribution in [2.24, 2.45) is 5.84 Å². The first-order valence-electron chi connectivity index (χ1n) is 6.13. The van der Waals surface area contributed by atoms with Crippen LogP contribution >= 0.6 is 11.3 Å². The number of hydrazine groups is 1. The largest absolute Gasteiger partial charge is 0.308 e. The predicted molar refractivity (Wildman–Crippen MR) is 80.0 cm³/mol. The standard InChI is InChI=1S/C14H14N4S/c1-2-9-3-5-10(6-4-9)12-16-13(18-15)11-7-8-19-14(11)17-12/h3-8H,2,15H2,1H3,(H,16,17,18). The first kappa shape index (κ1) is 12.1. The van der Waals surface area contributed by atoms with Crippen LogP contribution in [0.2, 0.25) is 0 Å². The molecule has 0 aliphatic heterocycles. The average Bonchev–Trinajstić information content (AvgIpc) is 2.94. The molecule has 0 spiro atoms. The molecule has 5 heteroatoms. The lowest BCUT2D eigenvalue weighted by Gasteiger charge is -2.06. The number of benzene rings is 1. The van der Waals surface area contributed by atoms with Crippen LogP contribution in [0.25, 0.3) is 21.6 Å². The molecule has 3 N–H and O–H groups in total. The number of hydrogen-bond donors (Lipinski definition) is 2. The Hall–Kier alpha value is -1.98. The zero-order valence-corrected chi connectivity index (χ0v) is 11.4. The third kappa shape index (κ3) is 2.18. The van der Waals surface area contributed by atoms with Gasteiger partial charge in [0.1, 0.15) is 4.83 Å². The smallest absolute Gasteiger partial charge is 0.163 e. The summed E-state index contributed by atoms with van der Waals surface area (Å²) in [6.45, 7) is 2.14. The molecule has 4 nitrogen and oxygen atoms in total. The molecule has 0 atom stereocenters. The van der Waals surface area contributed by atoms with Crippen molar-refractivity contribution in [1.82, 2.24) is 9.97 Å². The number of hydrogen-bond acceptors (Lipinski definition) is 5. The maximum Gasteiger partial charge on any atom is 0.163 e. The summed E-state index contributed by atoms with van der Waals surface area (Å²) in [4.78, 5) is 10.0. The molecule has 1 aromatic carbocycles. The number of thiophene rings is 1. The van der Waals surface area contributed by atoms with Crippen LogP contribution in [0.5, 0.6) is 0 Å². The fraction of sp³-hybridized carbons (Fsp3) is 0.143. The number of nitrogens with one attached hydrogen (secondary N) is 1. The zero-order valence-electron chi connectivity index (χ0n) is 10.6. The van der Waals surface area contributed by atoms with Gasteiger partial charge in [0, 0.05) is 5.56 Å². The minimum atomic E-state index is 0.667. The van der Waals surface area contributed by atoms with Gasteiger partial charge in [-0.05, 0) is 23.4 Å². The van der Waals surface area contributed by atoms with Crippen molar-refractivity contribution in [3.05, 3.63) is 41.3 Å². The highest BCUT2D eigenvalue weighted by molar-refractivity contribution is 7.16. The van der Waals surface area contributed by atoms with E-state index in [1.165, 1.54) is 5.56 Å². The quantitative estimate of drug-likeness (QED) is 0.566. The van der Waals surface area contributed by atoms with Gasteiger partial charge in [-0.2, -0.15) is 0 Å². The van der Waals surface area contributed by atoms with Gasteiger partial charge in [-0.3, -0.25) is 0 Å². The molecule has 0 fully saturated rings. The van der Waals surface area contributed by atoms with E-state index in [2.05, 4.69) is 34.5 Å². The average molecular weight is 270 g/mol. The van der Waals surface area contributed by atoms with Crippen molar-refractivity contribution >= 4 is 27.4 Å². The summed E-state index contributed by atoms with van der Waals surface area (Å²) >= 11 is 1.59. The van der Waals surface area contributed by atoms with Crippen LogP contribution in [-0.2, 0) is 6.42 Å². The van der Waals surface area contributed by atoms with Crippen LogP contribution in [0.4, 0.5) is 5.82 Å². The van der Waals surface area contributed by atoms with Gasteiger partial charge in [-0.15, -0.1) is 11.3 Å². The van der Waals surface area contributed by atoms with Crippen LogP contribution in [-0.4, -0.2) is 9.97 Å². The number of nitrogens with zero attached hydrogens (tertiary/aromatic N) is 2. The number of anilines is 1. The summed E-state index contributed by atoms with van der Waals surface area (Å²) in [6.07, 6.45) is 1.03. The Labute approximate surface area is 115 Å². The summed E-state index contributed by atoms with van der Waals surface area (Å²) in [5.41, 5.74) is 4.95. The second kappa shape index (κ2) is 4.95. The molecule has 19 heavy (non-hydrogen) atoms. The van der Waals surface area contributed by atoms with Gasteiger partial charge in [0.25, 0.3) is 0 Å². The van der Waals surface area contributed by atoms with E-state index in [1.807, 2.05) is 23.6 Å². The number of aromatic nitrogens is 2. The molecule has 2 heterocycles. The zero-order chi connectivity index (χ0) is 13.2. The van der Waals surface area contributed by atoms with Crippen LogP contribution < -0.4 is 11.3 Å². The molecule has 0 aliphatic rings.